The van der Waals surface area contributed by atoms with Gasteiger partial charge in [-0.15, -0.1) is 0 Å². The second-order valence-corrected chi connectivity index (χ2v) is 3.41. The lowest BCUT2D eigenvalue weighted by molar-refractivity contribution is -0.512. The van der Waals surface area contributed by atoms with Crippen LogP contribution < -0.4 is 10.6 Å². The molecule has 2 N–H and O–H groups in total. The number of hydrogen-bond acceptors (Lipinski definition) is 5. The van der Waals surface area contributed by atoms with Crippen LogP contribution in [0.25, 0.3) is 0 Å². The molecule has 0 heterocycles. The van der Waals surface area contributed by atoms with Gasteiger partial charge in [0, 0.05) is 13.1 Å². The van der Waals surface area contributed by atoms with Gasteiger partial charge in [-0.1, -0.05) is 18.2 Å². The van der Waals surface area contributed by atoms with Crippen molar-refractivity contribution in [3.05, 3.63) is 25.3 Å². The van der Waals surface area contributed by atoms with Gasteiger partial charge in [-0.2, -0.15) is 0 Å². The normalized spacial score (nSPS) is 9.68. The predicted molar refractivity (Wildman–Crippen MR) is 68.6 cm³/mol. The number of rotatable bonds is 12. The van der Waals surface area contributed by atoms with Gasteiger partial charge in [0.15, 0.2) is 0 Å². The van der Waals surface area contributed by atoms with Crippen molar-refractivity contribution in [2.24, 2.45) is 0 Å². The lowest BCUT2D eigenvalue weighted by atomic mass is 10.4. The summed E-state index contributed by atoms with van der Waals surface area (Å²) in [7, 11) is 0. The summed E-state index contributed by atoms with van der Waals surface area (Å²) in [5.41, 5.74) is 0. The van der Waals surface area contributed by atoms with E-state index in [2.05, 4.69) is 28.8 Å². The molecule has 0 bridgehead atoms. The number of carbonyl (C=O) groups is 2. The van der Waals surface area contributed by atoms with Crippen molar-refractivity contribution < 1.29 is 24.4 Å². The van der Waals surface area contributed by atoms with Gasteiger partial charge in [-0.05, 0) is 25.0 Å². The summed E-state index contributed by atoms with van der Waals surface area (Å²) in [6, 6.07) is 0. The van der Waals surface area contributed by atoms with Crippen LogP contribution in [-0.4, -0.2) is 38.1 Å². The number of amides is 2. The molecule has 0 aromatic heterocycles. The molecule has 0 fully saturated rings. The molecule has 0 aliphatic rings. The summed E-state index contributed by atoms with van der Waals surface area (Å²) in [4.78, 5) is 30.9. The summed E-state index contributed by atoms with van der Waals surface area (Å²) < 4.78 is 0. The Morgan fingerprint density at radius 2 is 1.32 bits per heavy atom. The van der Waals surface area contributed by atoms with Gasteiger partial charge in [-0.25, -0.2) is 9.78 Å². The molecule has 0 radical (unpaired) electrons. The van der Waals surface area contributed by atoms with Crippen LogP contribution in [0.3, 0.4) is 0 Å². The van der Waals surface area contributed by atoms with Crippen LogP contribution in [0.1, 0.15) is 12.8 Å². The van der Waals surface area contributed by atoms with Crippen LogP contribution in [0, 0.1) is 0 Å². The zero-order valence-electron chi connectivity index (χ0n) is 10.9. The first kappa shape index (κ1) is 17.3. The predicted octanol–water partition coefficient (Wildman–Crippen LogP) is 0.251. The average Bonchev–Trinajstić information content (AvgIpc) is 2.43. The van der Waals surface area contributed by atoms with Gasteiger partial charge in [0.2, 0.25) is 11.8 Å². The highest BCUT2D eigenvalue weighted by Crippen LogP contribution is 1.87. The van der Waals surface area contributed by atoms with Crippen molar-refractivity contribution in [1.29, 1.82) is 0 Å². The van der Waals surface area contributed by atoms with E-state index in [1.807, 2.05) is 0 Å². The van der Waals surface area contributed by atoms with Gasteiger partial charge in [0.1, 0.15) is 0 Å². The SMILES string of the molecule is C=CC(=O)NCCCOOOCCCNC(=O)C=C. The van der Waals surface area contributed by atoms with Crippen LogP contribution in [0.5, 0.6) is 0 Å². The van der Waals surface area contributed by atoms with Crippen LogP contribution >= 0.6 is 0 Å². The molecule has 7 heteroatoms. The van der Waals surface area contributed by atoms with E-state index in [-0.39, 0.29) is 11.8 Å². The third-order valence-electron chi connectivity index (χ3n) is 1.87. The van der Waals surface area contributed by atoms with E-state index in [0.717, 1.165) is 0 Å². The molecule has 7 nitrogen and oxygen atoms in total. The lowest BCUT2D eigenvalue weighted by Crippen LogP contribution is -2.23. The molecule has 0 aliphatic heterocycles. The Morgan fingerprint density at radius 3 is 1.68 bits per heavy atom. The van der Waals surface area contributed by atoms with Crippen molar-refractivity contribution in [2.75, 3.05) is 26.3 Å². The number of hydrogen-bond donors (Lipinski definition) is 2. The molecular formula is C12H20N2O5. The largest absolute Gasteiger partial charge is 0.352 e. The fraction of sp³-hybridized carbons (Fsp3) is 0.500. The van der Waals surface area contributed by atoms with Gasteiger partial charge >= 0.3 is 0 Å². The minimum atomic E-state index is -0.223. The maximum absolute atomic E-state index is 10.8. The maximum atomic E-state index is 10.8. The van der Waals surface area contributed by atoms with Crippen LogP contribution in [-0.2, 0) is 24.4 Å². The van der Waals surface area contributed by atoms with Crippen LogP contribution in [0.2, 0.25) is 0 Å². The Kier molecular flexibility index (Phi) is 11.6. The van der Waals surface area contributed by atoms with Gasteiger partial charge < -0.3 is 10.6 Å². The van der Waals surface area contributed by atoms with Gasteiger partial charge in [0.05, 0.1) is 13.2 Å². The van der Waals surface area contributed by atoms with Crippen molar-refractivity contribution in [3.63, 3.8) is 0 Å². The van der Waals surface area contributed by atoms with Crippen molar-refractivity contribution >= 4 is 11.8 Å². The third kappa shape index (κ3) is 12.5. The average molecular weight is 272 g/mol. The molecule has 0 saturated carbocycles. The van der Waals surface area contributed by atoms with Crippen LogP contribution in [0.15, 0.2) is 25.3 Å². The topological polar surface area (TPSA) is 85.9 Å². The minimum Gasteiger partial charge on any atom is -0.352 e. The van der Waals surface area contributed by atoms with E-state index in [4.69, 9.17) is 9.78 Å². The van der Waals surface area contributed by atoms with Crippen molar-refractivity contribution in [1.82, 2.24) is 10.6 Å². The fourth-order valence-corrected chi connectivity index (χ4v) is 0.932. The highest BCUT2D eigenvalue weighted by Gasteiger charge is 1.96. The van der Waals surface area contributed by atoms with E-state index in [1.54, 1.807) is 0 Å². The van der Waals surface area contributed by atoms with Crippen molar-refractivity contribution in [3.8, 4) is 0 Å². The molecule has 108 valence electrons. The van der Waals surface area contributed by atoms with E-state index in [0.29, 0.717) is 39.1 Å². The Bertz CT molecular complexity index is 266. The molecule has 0 atom stereocenters. The quantitative estimate of drug-likeness (QED) is 0.230. The molecule has 2 amide bonds. The number of nitrogens with one attached hydrogen (secondary N) is 2. The molecule has 0 spiro atoms. The first-order chi connectivity index (χ1) is 9.20. The Hall–Kier alpha value is -1.70. The number of carbonyl (C=O) groups excluding carboxylic acids is 2. The highest BCUT2D eigenvalue weighted by atomic mass is 17.5. The first-order valence-corrected chi connectivity index (χ1v) is 5.92. The summed E-state index contributed by atoms with van der Waals surface area (Å²) in [6.07, 6.45) is 3.59. The molecule has 19 heavy (non-hydrogen) atoms. The van der Waals surface area contributed by atoms with E-state index >= 15 is 0 Å². The first-order valence-electron chi connectivity index (χ1n) is 5.92. The molecule has 0 aromatic carbocycles. The maximum Gasteiger partial charge on any atom is 0.243 e. The highest BCUT2D eigenvalue weighted by molar-refractivity contribution is 5.87. The second kappa shape index (κ2) is 12.7. The van der Waals surface area contributed by atoms with E-state index < -0.39 is 0 Å². The Morgan fingerprint density at radius 1 is 0.895 bits per heavy atom. The van der Waals surface area contributed by atoms with Gasteiger partial charge in [0.25, 0.3) is 0 Å². The molecule has 0 saturated heterocycles. The Balaban J connectivity index is 3.10. The summed E-state index contributed by atoms with van der Waals surface area (Å²) in [5.74, 6) is -0.447. The minimum absolute atomic E-state index is 0.223. The fourth-order valence-electron chi connectivity index (χ4n) is 0.932. The van der Waals surface area contributed by atoms with Crippen molar-refractivity contribution in [2.45, 2.75) is 12.8 Å². The zero-order chi connectivity index (χ0) is 14.3. The standard InChI is InChI=1S/C12H20N2O5/c1-3-11(15)13-7-5-9-17-19-18-10-6-8-14-12(16)4-2/h3-4H,1-2,5-10H2,(H,13,15)(H,14,16). The molecular weight excluding hydrogens is 252 g/mol. The summed E-state index contributed by atoms with van der Waals surface area (Å²) in [5, 5.41) is 9.61. The molecule has 0 aliphatic carbocycles. The third-order valence-corrected chi connectivity index (χ3v) is 1.87. The molecule has 0 rings (SSSR count). The zero-order valence-corrected chi connectivity index (χ0v) is 10.9. The smallest absolute Gasteiger partial charge is 0.243 e. The lowest BCUT2D eigenvalue weighted by Gasteiger charge is -2.04. The summed E-state index contributed by atoms with van der Waals surface area (Å²) in [6.45, 7) is 8.18. The van der Waals surface area contributed by atoms with E-state index in [1.165, 1.54) is 12.2 Å². The summed E-state index contributed by atoms with van der Waals surface area (Å²) >= 11 is 0. The second-order valence-electron chi connectivity index (χ2n) is 3.41. The monoisotopic (exact) mass is 272 g/mol. The van der Waals surface area contributed by atoms with Crippen LogP contribution in [0.4, 0.5) is 0 Å². The molecule has 0 aromatic rings. The van der Waals surface area contributed by atoms with Gasteiger partial charge in [-0.3, -0.25) is 9.59 Å². The van der Waals surface area contributed by atoms with E-state index in [9.17, 15) is 9.59 Å². The Labute approximate surface area is 112 Å². The molecule has 0 unspecified atom stereocenters.